The van der Waals surface area contributed by atoms with E-state index in [9.17, 15) is 14.7 Å². The zero-order valence-corrected chi connectivity index (χ0v) is 13.1. The third-order valence-corrected chi connectivity index (χ3v) is 3.89. The third kappa shape index (κ3) is 3.79. The summed E-state index contributed by atoms with van der Waals surface area (Å²) >= 11 is 1.41. The summed E-state index contributed by atoms with van der Waals surface area (Å²) in [5.41, 5.74) is -1.52. The Morgan fingerprint density at radius 1 is 1.50 bits per heavy atom. The minimum Gasteiger partial charge on any atom is -0.480 e. The van der Waals surface area contributed by atoms with Gasteiger partial charge in [0.05, 0.1) is 11.6 Å². The number of aliphatic carboxylic acids is 1. The lowest BCUT2D eigenvalue weighted by molar-refractivity contribution is -0.170. The molecule has 1 N–H and O–H groups in total. The number of carbonyl (C=O) groups is 2. The summed E-state index contributed by atoms with van der Waals surface area (Å²) in [7, 11) is 0. The van der Waals surface area contributed by atoms with Gasteiger partial charge in [0, 0.05) is 17.5 Å². The van der Waals surface area contributed by atoms with Crippen LogP contribution in [-0.4, -0.2) is 28.6 Å². The Hall–Kier alpha value is -1.43. The molecule has 0 spiro atoms. The Kier molecular flexibility index (Phi) is 5.68. The van der Waals surface area contributed by atoms with E-state index in [2.05, 4.69) is 4.98 Å². The van der Waals surface area contributed by atoms with Gasteiger partial charge in [-0.1, -0.05) is 13.8 Å². The predicted molar refractivity (Wildman–Crippen MR) is 76.7 cm³/mol. The molecule has 1 aromatic rings. The number of carbonyl (C=O) groups excluding carboxylic acids is 1. The fourth-order valence-corrected chi connectivity index (χ4v) is 3.14. The van der Waals surface area contributed by atoms with Crippen molar-refractivity contribution < 1.29 is 19.4 Å². The molecule has 0 saturated carbocycles. The number of aryl methyl sites for hydroxylation is 1. The van der Waals surface area contributed by atoms with Crippen molar-refractivity contribution in [1.29, 1.82) is 0 Å². The molecule has 0 aliphatic carbocycles. The molecule has 0 amide bonds. The molecule has 1 unspecified atom stereocenters. The van der Waals surface area contributed by atoms with Crippen LogP contribution >= 0.6 is 11.3 Å². The topological polar surface area (TPSA) is 76.5 Å². The third-order valence-electron chi connectivity index (χ3n) is 2.98. The van der Waals surface area contributed by atoms with E-state index in [0.717, 1.165) is 9.88 Å². The molecular weight excluding hydrogens is 278 g/mol. The van der Waals surface area contributed by atoms with E-state index >= 15 is 0 Å². The maximum atomic E-state index is 12.2. The monoisotopic (exact) mass is 299 g/mol. The molecule has 0 bridgehead atoms. The molecule has 5 nitrogen and oxygen atoms in total. The summed E-state index contributed by atoms with van der Waals surface area (Å²) in [6.07, 6.45) is 2.01. The van der Waals surface area contributed by atoms with Crippen molar-refractivity contribution in [3.05, 3.63) is 16.1 Å². The van der Waals surface area contributed by atoms with Crippen LogP contribution in [0.25, 0.3) is 0 Å². The Morgan fingerprint density at radius 3 is 2.55 bits per heavy atom. The maximum absolute atomic E-state index is 12.2. The van der Waals surface area contributed by atoms with Crippen LogP contribution in [0.2, 0.25) is 0 Å². The Bertz CT molecular complexity index is 483. The molecule has 0 aliphatic rings. The number of hydrogen-bond donors (Lipinski definition) is 1. The molecule has 6 heteroatoms. The molecule has 0 radical (unpaired) electrons. The number of ether oxygens (including phenoxy) is 1. The van der Waals surface area contributed by atoms with Gasteiger partial charge in [0.25, 0.3) is 0 Å². The Balaban J connectivity index is 3.14. The van der Waals surface area contributed by atoms with E-state index in [1.54, 1.807) is 13.1 Å². The molecule has 20 heavy (non-hydrogen) atoms. The number of aromatic nitrogens is 1. The highest BCUT2D eigenvalue weighted by molar-refractivity contribution is 7.11. The van der Waals surface area contributed by atoms with Gasteiger partial charge in [-0.05, 0) is 26.2 Å². The van der Waals surface area contributed by atoms with Gasteiger partial charge in [-0.2, -0.15) is 0 Å². The van der Waals surface area contributed by atoms with Crippen LogP contribution in [0, 0.1) is 18.3 Å². The second-order valence-electron chi connectivity index (χ2n) is 5.23. The van der Waals surface area contributed by atoms with E-state index in [1.807, 2.05) is 20.8 Å². The van der Waals surface area contributed by atoms with Gasteiger partial charge in [-0.15, -0.1) is 11.3 Å². The number of hydrogen-bond acceptors (Lipinski definition) is 5. The van der Waals surface area contributed by atoms with Crippen LogP contribution in [0.1, 0.15) is 37.1 Å². The van der Waals surface area contributed by atoms with Crippen molar-refractivity contribution in [2.45, 2.75) is 40.5 Å². The maximum Gasteiger partial charge on any atom is 0.323 e. The lowest BCUT2D eigenvalue weighted by Gasteiger charge is -2.28. The second-order valence-corrected chi connectivity index (χ2v) is 6.55. The van der Waals surface area contributed by atoms with Crippen LogP contribution in [0.4, 0.5) is 0 Å². The molecule has 0 aliphatic heterocycles. The molecular formula is C14H21NO4S. The lowest BCUT2D eigenvalue weighted by Crippen LogP contribution is -2.43. The predicted octanol–water partition coefficient (Wildman–Crippen LogP) is 2.67. The number of nitrogens with zero attached hydrogens (tertiary/aromatic N) is 1. The average molecular weight is 299 g/mol. The Morgan fingerprint density at radius 2 is 2.15 bits per heavy atom. The molecule has 1 atom stereocenters. The molecule has 0 fully saturated rings. The minimum atomic E-state index is -1.52. The first-order valence-electron chi connectivity index (χ1n) is 6.63. The van der Waals surface area contributed by atoms with Crippen molar-refractivity contribution in [3.63, 3.8) is 0 Å². The fourth-order valence-electron chi connectivity index (χ4n) is 2.23. The first kappa shape index (κ1) is 16.6. The van der Waals surface area contributed by atoms with Crippen molar-refractivity contribution in [1.82, 2.24) is 4.98 Å². The van der Waals surface area contributed by atoms with Gasteiger partial charge in [0.15, 0.2) is 5.41 Å². The first-order valence-corrected chi connectivity index (χ1v) is 7.45. The van der Waals surface area contributed by atoms with E-state index in [0.29, 0.717) is 0 Å². The van der Waals surface area contributed by atoms with Gasteiger partial charge in [0.1, 0.15) is 0 Å². The van der Waals surface area contributed by atoms with Gasteiger partial charge >= 0.3 is 11.9 Å². The molecule has 112 valence electrons. The van der Waals surface area contributed by atoms with E-state index in [4.69, 9.17) is 4.74 Å². The minimum absolute atomic E-state index is 0.0736. The van der Waals surface area contributed by atoms with Crippen molar-refractivity contribution in [2.24, 2.45) is 11.3 Å². The molecule has 1 rings (SSSR count). The number of esters is 1. The lowest BCUT2D eigenvalue weighted by atomic mass is 9.77. The summed E-state index contributed by atoms with van der Waals surface area (Å²) in [5.74, 6) is -1.72. The van der Waals surface area contributed by atoms with Crippen molar-refractivity contribution >= 4 is 23.3 Å². The van der Waals surface area contributed by atoms with Crippen molar-refractivity contribution in [2.75, 3.05) is 6.61 Å². The zero-order valence-electron chi connectivity index (χ0n) is 12.3. The average Bonchev–Trinajstić information content (AvgIpc) is 2.73. The van der Waals surface area contributed by atoms with Crippen LogP contribution < -0.4 is 0 Å². The summed E-state index contributed by atoms with van der Waals surface area (Å²) in [6.45, 7) is 7.50. The highest BCUT2D eigenvalue weighted by Gasteiger charge is 2.48. The normalized spacial score (nSPS) is 14.1. The standard InChI is InChI=1S/C14H21NO4S/c1-5-19-13(18)14(12(16)17,6-9(2)3)7-11-8-15-10(4)20-11/h8-9H,5-7H2,1-4H3,(H,16,17). The fraction of sp³-hybridized carbons (Fsp3) is 0.643. The summed E-state index contributed by atoms with van der Waals surface area (Å²) < 4.78 is 5.01. The first-order chi connectivity index (χ1) is 9.31. The number of carboxylic acids is 1. The van der Waals surface area contributed by atoms with Gasteiger partial charge < -0.3 is 9.84 Å². The van der Waals surface area contributed by atoms with Gasteiger partial charge in [-0.25, -0.2) is 4.98 Å². The number of thiazole rings is 1. The molecule has 1 heterocycles. The largest absolute Gasteiger partial charge is 0.480 e. The van der Waals surface area contributed by atoms with Gasteiger partial charge in [-0.3, -0.25) is 9.59 Å². The summed E-state index contributed by atoms with van der Waals surface area (Å²) in [6, 6.07) is 0. The SMILES string of the molecule is CCOC(=O)C(Cc1cnc(C)s1)(CC(C)C)C(=O)O. The quantitative estimate of drug-likeness (QED) is 0.618. The van der Waals surface area contributed by atoms with E-state index < -0.39 is 17.4 Å². The van der Waals surface area contributed by atoms with Gasteiger partial charge in [0.2, 0.25) is 0 Å². The smallest absolute Gasteiger partial charge is 0.323 e. The molecule has 1 aromatic heterocycles. The number of rotatable bonds is 7. The highest BCUT2D eigenvalue weighted by Crippen LogP contribution is 2.34. The summed E-state index contributed by atoms with van der Waals surface area (Å²) in [4.78, 5) is 28.9. The van der Waals surface area contributed by atoms with Crippen LogP contribution in [0.15, 0.2) is 6.20 Å². The van der Waals surface area contributed by atoms with Crippen LogP contribution in [-0.2, 0) is 20.7 Å². The van der Waals surface area contributed by atoms with E-state index in [-0.39, 0.29) is 25.4 Å². The van der Waals surface area contributed by atoms with Crippen LogP contribution in [0.5, 0.6) is 0 Å². The molecule has 0 aromatic carbocycles. The van der Waals surface area contributed by atoms with E-state index in [1.165, 1.54) is 11.3 Å². The zero-order chi connectivity index (χ0) is 15.3. The second kappa shape index (κ2) is 6.83. The van der Waals surface area contributed by atoms with Crippen LogP contribution in [0.3, 0.4) is 0 Å². The Labute approximate surface area is 123 Å². The number of carboxylic acid groups (broad SMARTS) is 1. The van der Waals surface area contributed by atoms with Crippen molar-refractivity contribution in [3.8, 4) is 0 Å². The highest BCUT2D eigenvalue weighted by atomic mass is 32.1. The summed E-state index contributed by atoms with van der Waals surface area (Å²) in [5, 5.41) is 10.5. The molecule has 0 saturated heterocycles.